The third-order valence-corrected chi connectivity index (χ3v) is 13.8. The highest BCUT2D eigenvalue weighted by molar-refractivity contribution is 8.25. The Morgan fingerprint density at radius 3 is 1.95 bits per heavy atom. The molecular formula is C39H25N2PS. The molecule has 0 atom stereocenters. The van der Waals surface area contributed by atoms with Crippen LogP contribution in [0.5, 0.6) is 0 Å². The smallest absolute Gasteiger partial charge is 0.147 e. The van der Waals surface area contributed by atoms with Crippen molar-refractivity contribution in [2.75, 3.05) is 0 Å². The molecule has 0 aliphatic carbocycles. The zero-order valence-corrected chi connectivity index (χ0v) is 24.9. The van der Waals surface area contributed by atoms with Gasteiger partial charge < -0.3 is 0 Å². The quantitative estimate of drug-likeness (QED) is 0.117. The molecule has 0 N–H and O–H groups in total. The maximum absolute atomic E-state index is 6.83. The summed E-state index contributed by atoms with van der Waals surface area (Å²) >= 11 is 6.83. The van der Waals surface area contributed by atoms with Gasteiger partial charge in [0.15, 0.2) is 0 Å². The fourth-order valence-corrected chi connectivity index (χ4v) is 10.9. The van der Waals surface area contributed by atoms with Crippen LogP contribution >= 0.6 is 6.04 Å². The lowest BCUT2D eigenvalue weighted by Gasteiger charge is -2.26. The normalized spacial score (nSPS) is 12.3. The van der Waals surface area contributed by atoms with Crippen LogP contribution in [-0.2, 0) is 11.8 Å². The SMILES string of the molecule is S=P(c1ccccc1)(c1ccccc1)c1cccc2cc3c(cc12)c1ccc2ccccc2c1c1nc2ccccc2n31. The molecule has 0 aliphatic heterocycles. The summed E-state index contributed by atoms with van der Waals surface area (Å²) in [4.78, 5) is 5.21. The van der Waals surface area contributed by atoms with E-state index in [1.165, 1.54) is 53.6 Å². The van der Waals surface area contributed by atoms with E-state index in [1.807, 2.05) is 0 Å². The molecule has 7 aromatic carbocycles. The van der Waals surface area contributed by atoms with Crippen molar-refractivity contribution in [1.29, 1.82) is 0 Å². The molecule has 0 unspecified atom stereocenters. The Balaban J connectivity index is 1.49. The van der Waals surface area contributed by atoms with Gasteiger partial charge in [0.05, 0.1) is 16.6 Å². The second-order valence-corrected chi connectivity index (χ2v) is 15.5. The zero-order valence-electron chi connectivity index (χ0n) is 23.2. The van der Waals surface area contributed by atoms with Crippen LogP contribution < -0.4 is 15.9 Å². The van der Waals surface area contributed by atoms with Crippen molar-refractivity contribution in [3.8, 4) is 0 Å². The lowest BCUT2D eigenvalue weighted by Crippen LogP contribution is -2.25. The fraction of sp³-hybridized carbons (Fsp3) is 0. The maximum Gasteiger partial charge on any atom is 0.147 e. The Morgan fingerprint density at radius 1 is 0.488 bits per heavy atom. The molecule has 4 heteroatoms. The predicted octanol–water partition coefficient (Wildman–Crippen LogP) is 8.86. The molecule has 2 nitrogen and oxygen atoms in total. The van der Waals surface area contributed by atoms with E-state index < -0.39 is 6.04 Å². The van der Waals surface area contributed by atoms with Gasteiger partial charge in [0.2, 0.25) is 0 Å². The van der Waals surface area contributed by atoms with Crippen molar-refractivity contribution < 1.29 is 0 Å². The van der Waals surface area contributed by atoms with E-state index >= 15 is 0 Å². The van der Waals surface area contributed by atoms with Gasteiger partial charge in [0.1, 0.15) is 5.65 Å². The van der Waals surface area contributed by atoms with E-state index in [0.717, 1.165) is 22.2 Å². The van der Waals surface area contributed by atoms with Gasteiger partial charge in [0.25, 0.3) is 0 Å². The molecule has 0 saturated carbocycles. The molecule has 9 aromatic rings. The van der Waals surface area contributed by atoms with Gasteiger partial charge in [-0.15, -0.1) is 0 Å². The van der Waals surface area contributed by atoms with Gasteiger partial charge in [-0.05, 0) is 61.8 Å². The molecule has 0 amide bonds. The Kier molecular flexibility index (Phi) is 5.38. The minimum atomic E-state index is -2.36. The highest BCUT2D eigenvalue weighted by Crippen LogP contribution is 2.46. The predicted molar refractivity (Wildman–Crippen MR) is 189 cm³/mol. The molecule has 9 rings (SSSR count). The van der Waals surface area contributed by atoms with E-state index in [0.29, 0.717) is 0 Å². The summed E-state index contributed by atoms with van der Waals surface area (Å²) in [5.74, 6) is 0. The summed E-state index contributed by atoms with van der Waals surface area (Å²) in [5.41, 5.74) is 4.27. The first-order valence-electron chi connectivity index (χ1n) is 14.5. The number of aromatic nitrogens is 2. The van der Waals surface area contributed by atoms with Crippen molar-refractivity contribution in [3.63, 3.8) is 0 Å². The zero-order chi connectivity index (χ0) is 28.5. The van der Waals surface area contributed by atoms with Gasteiger partial charge in [-0.1, -0.05) is 139 Å². The Morgan fingerprint density at radius 2 is 1.16 bits per heavy atom. The fourth-order valence-electron chi connectivity index (χ4n) is 6.85. The van der Waals surface area contributed by atoms with Crippen LogP contribution in [0.15, 0.2) is 152 Å². The third kappa shape index (κ3) is 3.53. The average molecular weight is 585 g/mol. The highest BCUT2D eigenvalue weighted by Gasteiger charge is 2.27. The maximum atomic E-state index is 6.83. The lowest BCUT2D eigenvalue weighted by atomic mass is 9.97. The first-order chi connectivity index (χ1) is 21.2. The molecule has 0 saturated heterocycles. The molecule has 43 heavy (non-hydrogen) atoms. The summed E-state index contributed by atoms with van der Waals surface area (Å²) < 4.78 is 2.36. The summed E-state index contributed by atoms with van der Waals surface area (Å²) in [6.07, 6.45) is 0. The first-order valence-corrected chi connectivity index (χ1v) is 17.3. The molecule has 0 fully saturated rings. The monoisotopic (exact) mass is 584 g/mol. The van der Waals surface area contributed by atoms with Gasteiger partial charge in [0, 0.05) is 22.1 Å². The van der Waals surface area contributed by atoms with Crippen LogP contribution in [0.25, 0.3) is 59.9 Å². The molecule has 202 valence electrons. The first kappa shape index (κ1) is 24.7. The number of rotatable bonds is 3. The molecule has 0 bridgehead atoms. The van der Waals surface area contributed by atoms with Gasteiger partial charge in [-0.25, -0.2) is 4.98 Å². The number of para-hydroxylation sites is 2. The van der Waals surface area contributed by atoms with Gasteiger partial charge in [-0.2, -0.15) is 0 Å². The minimum Gasteiger partial charge on any atom is -0.292 e. The largest absolute Gasteiger partial charge is 0.292 e. The van der Waals surface area contributed by atoms with Crippen LogP contribution in [0.3, 0.4) is 0 Å². The number of hydrogen-bond donors (Lipinski definition) is 0. The summed E-state index contributed by atoms with van der Waals surface area (Å²) in [7, 11) is 0. The van der Waals surface area contributed by atoms with E-state index in [4.69, 9.17) is 16.8 Å². The molecule has 0 radical (unpaired) electrons. The Bertz CT molecular complexity index is 2540. The van der Waals surface area contributed by atoms with Crippen molar-refractivity contribution in [3.05, 3.63) is 152 Å². The van der Waals surface area contributed by atoms with Crippen LogP contribution in [0.4, 0.5) is 0 Å². The summed E-state index contributed by atoms with van der Waals surface area (Å²) in [6, 6.07) is 52.1. The van der Waals surface area contributed by atoms with E-state index in [2.05, 4.69) is 156 Å². The molecule has 0 aliphatic rings. The van der Waals surface area contributed by atoms with Crippen LogP contribution in [0, 0.1) is 0 Å². The molecule has 2 heterocycles. The van der Waals surface area contributed by atoms with Crippen molar-refractivity contribution >= 4 is 93.7 Å². The van der Waals surface area contributed by atoms with Crippen molar-refractivity contribution in [2.24, 2.45) is 0 Å². The second kappa shape index (κ2) is 9.34. The molecular weight excluding hydrogens is 559 g/mol. The van der Waals surface area contributed by atoms with Gasteiger partial charge >= 0.3 is 0 Å². The minimum absolute atomic E-state index is 0.995. The topological polar surface area (TPSA) is 17.3 Å². The van der Waals surface area contributed by atoms with Crippen molar-refractivity contribution in [1.82, 2.24) is 9.38 Å². The third-order valence-electron chi connectivity index (χ3n) is 8.80. The highest BCUT2D eigenvalue weighted by atomic mass is 32.4. The average Bonchev–Trinajstić information content (AvgIpc) is 3.47. The molecule has 2 aromatic heterocycles. The number of fused-ring (bicyclic) bond motifs is 11. The summed E-state index contributed by atoms with van der Waals surface area (Å²) in [5, 5.41) is 12.1. The van der Waals surface area contributed by atoms with Gasteiger partial charge in [-0.3, -0.25) is 4.40 Å². The van der Waals surface area contributed by atoms with E-state index in [1.54, 1.807) is 0 Å². The van der Waals surface area contributed by atoms with Crippen LogP contribution in [-0.4, -0.2) is 9.38 Å². The number of benzene rings is 7. The van der Waals surface area contributed by atoms with Crippen molar-refractivity contribution in [2.45, 2.75) is 0 Å². The number of pyridine rings is 1. The number of hydrogen-bond acceptors (Lipinski definition) is 2. The molecule has 0 spiro atoms. The lowest BCUT2D eigenvalue weighted by molar-refractivity contribution is 1.32. The Hall–Kier alpha value is -4.82. The van der Waals surface area contributed by atoms with E-state index in [-0.39, 0.29) is 0 Å². The summed E-state index contributed by atoms with van der Waals surface area (Å²) in [6.45, 7) is 0. The van der Waals surface area contributed by atoms with Crippen LogP contribution in [0.2, 0.25) is 0 Å². The number of nitrogens with zero attached hydrogens (tertiary/aromatic N) is 2. The van der Waals surface area contributed by atoms with E-state index in [9.17, 15) is 0 Å². The standard InChI is InChI=1S/C39H25N2PS/c43-42(28-14-3-1-4-15-28,29-16-5-2-6-17-29)37-21-11-13-27-24-36-33(25-32(27)37)31-23-22-26-12-7-8-18-30(26)38(31)39-40-34-19-9-10-20-35(34)41(36)39/h1-25H. The second-order valence-electron chi connectivity index (χ2n) is 11.1. The number of imidazole rings is 1. The van der Waals surface area contributed by atoms with Crippen LogP contribution in [0.1, 0.15) is 0 Å². The Labute approximate surface area is 253 Å².